The molecule has 2 amide bonds. The van der Waals surface area contributed by atoms with Crippen molar-refractivity contribution in [1.82, 2.24) is 20.5 Å². The van der Waals surface area contributed by atoms with E-state index in [-0.39, 0.29) is 35.7 Å². The topological polar surface area (TPSA) is 94.6 Å². The van der Waals surface area contributed by atoms with E-state index in [1.54, 1.807) is 7.05 Å². The molecule has 8 heteroatoms. The molecule has 0 radical (unpaired) electrons. The Bertz CT molecular complexity index is 661. The van der Waals surface area contributed by atoms with Crippen LogP contribution in [0.1, 0.15) is 50.4 Å². The maximum Gasteiger partial charge on any atom is 0.241 e. The summed E-state index contributed by atoms with van der Waals surface area (Å²) in [7, 11) is 1.68. The number of nitrogens with one attached hydrogen (secondary N) is 2. The standard InChI is InChI=1S/C19H32N4O3S/c1-12-8-19(3,4)11-21-16(12)17(26)20-9-15(25)23(5)7-6-14(24)18-22-13(2)10-27-18/h10,12,14,16,21,24H,6-9,11H2,1-5H3,(H,20,26). The minimum absolute atomic E-state index is 0.0317. The zero-order valence-electron chi connectivity index (χ0n) is 16.9. The number of carbonyl (C=O) groups is 2. The van der Waals surface area contributed by atoms with Gasteiger partial charge in [0.05, 0.1) is 12.6 Å². The molecule has 152 valence electrons. The summed E-state index contributed by atoms with van der Waals surface area (Å²) in [5.41, 5.74) is 1.07. The second-order valence-corrected chi connectivity index (χ2v) is 9.26. The molecule has 1 saturated heterocycles. The van der Waals surface area contributed by atoms with E-state index in [1.807, 2.05) is 12.3 Å². The Morgan fingerprint density at radius 3 is 2.81 bits per heavy atom. The third-order valence-electron chi connectivity index (χ3n) is 5.03. The van der Waals surface area contributed by atoms with Crippen molar-refractivity contribution in [2.24, 2.45) is 11.3 Å². The monoisotopic (exact) mass is 396 g/mol. The summed E-state index contributed by atoms with van der Waals surface area (Å²) < 4.78 is 0. The van der Waals surface area contributed by atoms with Crippen LogP contribution in [-0.2, 0) is 9.59 Å². The van der Waals surface area contributed by atoms with Crippen molar-refractivity contribution in [3.63, 3.8) is 0 Å². The Balaban J connectivity index is 1.73. The largest absolute Gasteiger partial charge is 0.386 e. The third-order valence-corrected chi connectivity index (χ3v) is 6.09. The summed E-state index contributed by atoms with van der Waals surface area (Å²) >= 11 is 1.42. The lowest BCUT2D eigenvalue weighted by Crippen LogP contribution is -2.56. The molecule has 27 heavy (non-hydrogen) atoms. The highest BCUT2D eigenvalue weighted by atomic mass is 32.1. The van der Waals surface area contributed by atoms with Crippen molar-refractivity contribution in [3.8, 4) is 0 Å². The number of aromatic nitrogens is 1. The van der Waals surface area contributed by atoms with Gasteiger partial charge in [-0.25, -0.2) is 4.98 Å². The van der Waals surface area contributed by atoms with Gasteiger partial charge in [0.25, 0.3) is 0 Å². The number of carbonyl (C=O) groups excluding carboxylic acids is 2. The number of aryl methyl sites for hydroxylation is 1. The number of likely N-dealkylation sites (N-methyl/N-ethyl adjacent to an activating group) is 1. The van der Waals surface area contributed by atoms with Gasteiger partial charge in [0.15, 0.2) is 0 Å². The summed E-state index contributed by atoms with van der Waals surface area (Å²) in [5, 5.41) is 18.8. The van der Waals surface area contributed by atoms with E-state index in [0.29, 0.717) is 18.0 Å². The van der Waals surface area contributed by atoms with Gasteiger partial charge in [-0.2, -0.15) is 0 Å². The molecule has 2 rings (SSSR count). The van der Waals surface area contributed by atoms with E-state index in [2.05, 4.69) is 36.4 Å². The lowest BCUT2D eigenvalue weighted by atomic mass is 9.76. The van der Waals surface area contributed by atoms with E-state index >= 15 is 0 Å². The quantitative estimate of drug-likeness (QED) is 0.649. The molecule has 1 fully saturated rings. The van der Waals surface area contributed by atoms with Gasteiger partial charge in [-0.1, -0.05) is 20.8 Å². The predicted octanol–water partition coefficient (Wildman–Crippen LogP) is 1.47. The van der Waals surface area contributed by atoms with Crippen molar-refractivity contribution < 1.29 is 14.7 Å². The Morgan fingerprint density at radius 1 is 1.52 bits per heavy atom. The van der Waals surface area contributed by atoms with Gasteiger partial charge in [-0.3, -0.25) is 9.59 Å². The fraction of sp³-hybridized carbons (Fsp3) is 0.737. The van der Waals surface area contributed by atoms with Crippen molar-refractivity contribution in [1.29, 1.82) is 0 Å². The Morgan fingerprint density at radius 2 is 2.22 bits per heavy atom. The number of aliphatic hydroxyl groups is 1. The maximum absolute atomic E-state index is 12.4. The minimum atomic E-state index is -0.677. The smallest absolute Gasteiger partial charge is 0.241 e. The molecular weight excluding hydrogens is 364 g/mol. The summed E-state index contributed by atoms with van der Waals surface area (Å²) in [6.45, 7) is 9.48. The molecule has 1 aliphatic rings. The van der Waals surface area contributed by atoms with Crippen LogP contribution >= 0.6 is 11.3 Å². The van der Waals surface area contributed by atoms with E-state index in [4.69, 9.17) is 0 Å². The van der Waals surface area contributed by atoms with Gasteiger partial charge in [0.2, 0.25) is 11.8 Å². The Kier molecular flexibility index (Phi) is 7.36. The Labute approximate surface area is 165 Å². The van der Waals surface area contributed by atoms with E-state index in [9.17, 15) is 14.7 Å². The number of aliphatic hydroxyl groups excluding tert-OH is 1. The first-order valence-corrected chi connectivity index (χ1v) is 10.3. The number of hydrogen-bond donors (Lipinski definition) is 3. The highest BCUT2D eigenvalue weighted by molar-refractivity contribution is 7.09. The molecule has 2 heterocycles. The lowest BCUT2D eigenvalue weighted by Gasteiger charge is -2.39. The third kappa shape index (κ3) is 6.26. The Hall–Kier alpha value is -1.51. The van der Waals surface area contributed by atoms with Crippen LogP contribution in [0, 0.1) is 18.3 Å². The molecule has 0 aliphatic carbocycles. The average Bonchev–Trinajstić information content (AvgIpc) is 3.02. The normalized spacial score (nSPS) is 22.9. The van der Waals surface area contributed by atoms with Gasteiger partial charge in [-0.05, 0) is 31.1 Å². The predicted molar refractivity (Wildman–Crippen MR) is 106 cm³/mol. The lowest BCUT2D eigenvalue weighted by molar-refractivity contribution is -0.133. The summed E-state index contributed by atoms with van der Waals surface area (Å²) in [5.74, 6) is -0.0776. The summed E-state index contributed by atoms with van der Waals surface area (Å²) in [6, 6.07) is -0.258. The fourth-order valence-corrected chi connectivity index (χ4v) is 4.31. The van der Waals surface area contributed by atoms with E-state index in [1.165, 1.54) is 16.2 Å². The number of thiazole rings is 1. The number of nitrogens with zero attached hydrogens (tertiary/aromatic N) is 2. The van der Waals surface area contributed by atoms with Gasteiger partial charge in [0.1, 0.15) is 11.1 Å². The molecule has 0 spiro atoms. The highest BCUT2D eigenvalue weighted by Gasteiger charge is 2.35. The maximum atomic E-state index is 12.4. The van der Waals surface area contributed by atoms with Crippen molar-refractivity contribution >= 4 is 23.2 Å². The van der Waals surface area contributed by atoms with Crippen LogP contribution < -0.4 is 10.6 Å². The van der Waals surface area contributed by atoms with Crippen LogP contribution in [0.2, 0.25) is 0 Å². The highest BCUT2D eigenvalue weighted by Crippen LogP contribution is 2.30. The molecule has 1 aromatic heterocycles. The van der Waals surface area contributed by atoms with Crippen molar-refractivity contribution in [3.05, 3.63) is 16.1 Å². The van der Waals surface area contributed by atoms with Gasteiger partial charge < -0.3 is 20.6 Å². The average molecular weight is 397 g/mol. The van der Waals surface area contributed by atoms with Crippen LogP contribution in [0.15, 0.2) is 5.38 Å². The molecule has 1 aromatic rings. The molecule has 3 atom stereocenters. The van der Waals surface area contributed by atoms with Crippen LogP contribution in [0.4, 0.5) is 0 Å². The molecule has 1 aliphatic heterocycles. The first-order chi connectivity index (χ1) is 12.6. The number of hydrogen-bond acceptors (Lipinski definition) is 6. The van der Waals surface area contributed by atoms with Gasteiger partial charge >= 0.3 is 0 Å². The summed E-state index contributed by atoms with van der Waals surface area (Å²) in [4.78, 5) is 30.5. The first kappa shape index (κ1) is 21.8. The molecule has 0 bridgehead atoms. The molecule has 0 aromatic carbocycles. The van der Waals surface area contributed by atoms with Crippen LogP contribution in [0.25, 0.3) is 0 Å². The zero-order chi connectivity index (χ0) is 20.2. The second kappa shape index (κ2) is 9.12. The number of piperidine rings is 1. The molecular formula is C19H32N4O3S. The molecule has 3 N–H and O–H groups in total. The zero-order valence-corrected chi connectivity index (χ0v) is 17.7. The van der Waals surface area contributed by atoms with Gasteiger partial charge in [0, 0.05) is 31.2 Å². The molecule has 3 unspecified atom stereocenters. The van der Waals surface area contributed by atoms with E-state index < -0.39 is 6.10 Å². The number of rotatable bonds is 7. The van der Waals surface area contributed by atoms with Crippen molar-refractivity contribution in [2.45, 2.75) is 52.7 Å². The summed E-state index contributed by atoms with van der Waals surface area (Å²) in [6.07, 6.45) is 0.712. The van der Waals surface area contributed by atoms with Gasteiger partial charge in [-0.15, -0.1) is 11.3 Å². The number of amides is 2. The van der Waals surface area contributed by atoms with Crippen molar-refractivity contribution in [2.75, 3.05) is 26.7 Å². The van der Waals surface area contributed by atoms with Crippen LogP contribution in [0.3, 0.4) is 0 Å². The van der Waals surface area contributed by atoms with Crippen LogP contribution in [0.5, 0.6) is 0 Å². The second-order valence-electron chi connectivity index (χ2n) is 8.37. The van der Waals surface area contributed by atoms with E-state index in [0.717, 1.165) is 18.7 Å². The SMILES string of the molecule is Cc1csc(C(O)CCN(C)C(=O)CNC(=O)C2NCC(C)(C)CC2C)n1. The first-order valence-electron chi connectivity index (χ1n) is 9.44. The van der Waals surface area contributed by atoms with Crippen LogP contribution in [-0.4, -0.2) is 59.5 Å². The molecule has 7 nitrogen and oxygen atoms in total. The fourth-order valence-electron chi connectivity index (χ4n) is 3.50. The molecule has 0 saturated carbocycles. The minimum Gasteiger partial charge on any atom is -0.386 e.